The molecular formula is C11H10O3. The highest BCUT2D eigenvalue weighted by Crippen LogP contribution is 2.51. The molecule has 1 fully saturated rings. The van der Waals surface area contributed by atoms with Gasteiger partial charge in [0, 0.05) is 17.2 Å². The second-order valence-electron chi connectivity index (χ2n) is 4.26. The minimum absolute atomic E-state index is 0.0387. The molecule has 0 saturated heterocycles. The molecule has 0 amide bonds. The highest BCUT2D eigenvalue weighted by atomic mass is 16.3. The van der Waals surface area contributed by atoms with E-state index >= 15 is 0 Å². The van der Waals surface area contributed by atoms with Crippen LogP contribution in [0.3, 0.4) is 0 Å². The van der Waals surface area contributed by atoms with E-state index in [4.69, 9.17) is 0 Å². The molecule has 3 heteroatoms. The van der Waals surface area contributed by atoms with Crippen LogP contribution in [0.25, 0.3) is 0 Å². The zero-order valence-electron chi connectivity index (χ0n) is 7.62. The standard InChI is InChI=1S/C11H10O3/c12-7-4-8(13)11(14)10-6-2-1-5(3-6)9(7)10/h4-6,12H,1-3H2. The molecule has 1 saturated carbocycles. The maximum absolute atomic E-state index is 11.6. The molecule has 3 aliphatic rings. The molecule has 72 valence electrons. The topological polar surface area (TPSA) is 54.4 Å². The smallest absolute Gasteiger partial charge is 0.229 e. The quantitative estimate of drug-likeness (QED) is 0.462. The molecule has 0 aromatic rings. The summed E-state index contributed by atoms with van der Waals surface area (Å²) in [7, 11) is 0. The SMILES string of the molecule is O=C1C=C(O)C2=C(C1=O)C1CCC2C1. The van der Waals surface area contributed by atoms with Gasteiger partial charge < -0.3 is 5.11 Å². The number of Topliss-reactive ketones (excluding diaryl/α,β-unsaturated/α-hetero) is 1. The lowest BCUT2D eigenvalue weighted by molar-refractivity contribution is -0.132. The Hall–Kier alpha value is -1.38. The third-order valence-corrected chi connectivity index (χ3v) is 3.55. The van der Waals surface area contributed by atoms with Crippen LogP contribution in [0, 0.1) is 11.8 Å². The zero-order chi connectivity index (χ0) is 9.87. The van der Waals surface area contributed by atoms with E-state index in [9.17, 15) is 14.7 Å². The molecule has 0 aliphatic heterocycles. The number of aliphatic hydroxyl groups is 1. The molecule has 2 bridgehead atoms. The van der Waals surface area contributed by atoms with E-state index in [2.05, 4.69) is 0 Å². The maximum atomic E-state index is 11.6. The first-order valence-corrected chi connectivity index (χ1v) is 4.92. The van der Waals surface area contributed by atoms with Gasteiger partial charge >= 0.3 is 0 Å². The van der Waals surface area contributed by atoms with E-state index in [1.54, 1.807) is 0 Å². The average Bonchev–Trinajstić information content (AvgIpc) is 2.73. The summed E-state index contributed by atoms with van der Waals surface area (Å²) in [6, 6.07) is 0. The van der Waals surface area contributed by atoms with Crippen LogP contribution in [0.2, 0.25) is 0 Å². The first-order chi connectivity index (χ1) is 6.68. The minimum Gasteiger partial charge on any atom is -0.508 e. The molecule has 0 radical (unpaired) electrons. The van der Waals surface area contributed by atoms with Crippen LogP contribution in [0.15, 0.2) is 23.0 Å². The first kappa shape index (κ1) is 7.97. The van der Waals surface area contributed by atoms with Gasteiger partial charge in [0.05, 0.1) is 0 Å². The van der Waals surface area contributed by atoms with Gasteiger partial charge in [-0.3, -0.25) is 9.59 Å². The highest BCUT2D eigenvalue weighted by molar-refractivity contribution is 6.48. The van der Waals surface area contributed by atoms with Gasteiger partial charge in [-0.25, -0.2) is 0 Å². The lowest BCUT2D eigenvalue weighted by Crippen LogP contribution is -2.24. The van der Waals surface area contributed by atoms with Crippen molar-refractivity contribution in [2.24, 2.45) is 11.8 Å². The van der Waals surface area contributed by atoms with E-state index in [0.717, 1.165) is 30.9 Å². The van der Waals surface area contributed by atoms with Crippen molar-refractivity contribution < 1.29 is 14.7 Å². The van der Waals surface area contributed by atoms with Crippen molar-refractivity contribution in [3.8, 4) is 0 Å². The van der Waals surface area contributed by atoms with Crippen molar-refractivity contribution in [3.05, 3.63) is 23.0 Å². The predicted octanol–water partition coefficient (Wildman–Crippen LogP) is 1.31. The number of aliphatic hydroxyl groups excluding tert-OH is 1. The van der Waals surface area contributed by atoms with Gasteiger partial charge in [0.15, 0.2) is 0 Å². The molecule has 2 atom stereocenters. The fourth-order valence-electron chi connectivity index (χ4n) is 3.00. The molecule has 3 nitrogen and oxygen atoms in total. The third-order valence-electron chi connectivity index (χ3n) is 3.55. The molecule has 0 aromatic heterocycles. The van der Waals surface area contributed by atoms with Crippen molar-refractivity contribution in [1.29, 1.82) is 0 Å². The van der Waals surface area contributed by atoms with E-state index < -0.39 is 5.78 Å². The summed E-state index contributed by atoms with van der Waals surface area (Å²) in [5.41, 5.74) is 1.39. The predicted molar refractivity (Wildman–Crippen MR) is 48.6 cm³/mol. The molecule has 0 spiro atoms. The van der Waals surface area contributed by atoms with Crippen LogP contribution < -0.4 is 0 Å². The summed E-state index contributed by atoms with van der Waals surface area (Å²) >= 11 is 0. The number of ketones is 2. The monoisotopic (exact) mass is 190 g/mol. The molecule has 0 aromatic carbocycles. The van der Waals surface area contributed by atoms with E-state index in [1.165, 1.54) is 0 Å². The Morgan fingerprint density at radius 2 is 1.79 bits per heavy atom. The van der Waals surface area contributed by atoms with Gasteiger partial charge in [0.2, 0.25) is 11.6 Å². The molecular weight excluding hydrogens is 180 g/mol. The summed E-state index contributed by atoms with van der Waals surface area (Å²) in [5, 5.41) is 9.62. The second-order valence-corrected chi connectivity index (χ2v) is 4.26. The van der Waals surface area contributed by atoms with Crippen LogP contribution in [0.4, 0.5) is 0 Å². The fourth-order valence-corrected chi connectivity index (χ4v) is 3.00. The summed E-state index contributed by atoms with van der Waals surface area (Å²) in [6.07, 6.45) is 4.06. The fraction of sp³-hybridized carbons (Fsp3) is 0.455. The Morgan fingerprint density at radius 1 is 1.14 bits per heavy atom. The first-order valence-electron chi connectivity index (χ1n) is 4.92. The molecule has 3 aliphatic carbocycles. The van der Waals surface area contributed by atoms with E-state index in [0.29, 0.717) is 11.5 Å². The molecule has 1 N–H and O–H groups in total. The van der Waals surface area contributed by atoms with Crippen molar-refractivity contribution in [3.63, 3.8) is 0 Å². The van der Waals surface area contributed by atoms with Crippen molar-refractivity contribution in [2.45, 2.75) is 19.3 Å². The van der Waals surface area contributed by atoms with Crippen molar-refractivity contribution in [1.82, 2.24) is 0 Å². The number of hydrogen-bond donors (Lipinski definition) is 1. The molecule has 0 heterocycles. The lowest BCUT2D eigenvalue weighted by atomic mass is 9.83. The summed E-state index contributed by atoms with van der Waals surface area (Å²) < 4.78 is 0. The summed E-state index contributed by atoms with van der Waals surface area (Å²) in [5.74, 6) is -0.346. The van der Waals surface area contributed by atoms with Crippen LogP contribution in [-0.4, -0.2) is 16.7 Å². The number of fused-ring (bicyclic) bond motifs is 4. The highest BCUT2D eigenvalue weighted by Gasteiger charge is 2.46. The van der Waals surface area contributed by atoms with Gasteiger partial charge in [-0.2, -0.15) is 0 Å². The normalized spacial score (nSPS) is 35.0. The Balaban J connectivity index is 2.19. The van der Waals surface area contributed by atoms with Gasteiger partial charge in [0.25, 0.3) is 0 Å². The largest absolute Gasteiger partial charge is 0.508 e. The van der Waals surface area contributed by atoms with E-state index in [1.807, 2.05) is 0 Å². The van der Waals surface area contributed by atoms with Crippen LogP contribution >= 0.6 is 0 Å². The maximum Gasteiger partial charge on any atom is 0.229 e. The number of carbonyl (C=O) groups is 2. The van der Waals surface area contributed by atoms with Gasteiger partial charge in [-0.15, -0.1) is 0 Å². The van der Waals surface area contributed by atoms with Crippen LogP contribution in [0.1, 0.15) is 19.3 Å². The van der Waals surface area contributed by atoms with E-state index in [-0.39, 0.29) is 17.5 Å². The van der Waals surface area contributed by atoms with Crippen molar-refractivity contribution >= 4 is 11.6 Å². The second kappa shape index (κ2) is 2.35. The Labute approximate surface area is 81.1 Å². The average molecular weight is 190 g/mol. The van der Waals surface area contributed by atoms with Gasteiger partial charge in [0.1, 0.15) is 5.76 Å². The number of allylic oxidation sites excluding steroid dienone is 3. The third kappa shape index (κ3) is 0.775. The molecule has 2 unspecified atom stereocenters. The van der Waals surface area contributed by atoms with Crippen LogP contribution in [-0.2, 0) is 9.59 Å². The number of carbonyl (C=O) groups excluding carboxylic acids is 2. The Morgan fingerprint density at radius 3 is 2.50 bits per heavy atom. The summed E-state index contributed by atoms with van der Waals surface area (Å²) in [4.78, 5) is 22.8. The van der Waals surface area contributed by atoms with Crippen LogP contribution in [0.5, 0.6) is 0 Å². The molecule has 3 rings (SSSR count). The molecule has 14 heavy (non-hydrogen) atoms. The number of hydrogen-bond acceptors (Lipinski definition) is 3. The van der Waals surface area contributed by atoms with Gasteiger partial charge in [-0.1, -0.05) is 0 Å². The Bertz CT molecular complexity index is 414. The minimum atomic E-state index is -0.561. The Kier molecular flexibility index (Phi) is 1.34. The van der Waals surface area contributed by atoms with Gasteiger partial charge in [-0.05, 0) is 31.1 Å². The zero-order valence-corrected chi connectivity index (χ0v) is 7.62. The van der Waals surface area contributed by atoms with Crippen molar-refractivity contribution in [2.75, 3.05) is 0 Å². The lowest BCUT2D eigenvalue weighted by Gasteiger charge is -2.20. The number of rotatable bonds is 0. The summed E-state index contributed by atoms with van der Waals surface area (Å²) in [6.45, 7) is 0.